The highest BCUT2D eigenvalue weighted by atomic mass is 16.6. The molecule has 0 aliphatic rings. The third kappa shape index (κ3) is 9.77. The lowest BCUT2D eigenvalue weighted by atomic mass is 9.99. The van der Waals surface area contributed by atoms with Crippen molar-refractivity contribution in [2.24, 2.45) is 5.73 Å². The smallest absolute Gasteiger partial charge is 0.408 e. The summed E-state index contributed by atoms with van der Waals surface area (Å²) in [6.07, 6.45) is 0.439. The summed E-state index contributed by atoms with van der Waals surface area (Å²) in [5.74, 6) is -2.59. The van der Waals surface area contributed by atoms with Crippen molar-refractivity contribution in [3.05, 3.63) is 42.0 Å². The van der Waals surface area contributed by atoms with E-state index in [9.17, 15) is 24.0 Å². The lowest BCUT2D eigenvalue weighted by Gasteiger charge is -2.33. The maximum Gasteiger partial charge on any atom is 0.408 e. The molecule has 0 fully saturated rings. The molecule has 0 bridgehead atoms. The van der Waals surface area contributed by atoms with E-state index >= 15 is 0 Å². The molecule has 1 aromatic carbocycles. The van der Waals surface area contributed by atoms with Gasteiger partial charge in [-0.05, 0) is 51.3 Å². The molecular weight excluding hydrogens is 468 g/mol. The first-order valence-electron chi connectivity index (χ1n) is 11.5. The number of amides is 4. The van der Waals surface area contributed by atoms with E-state index in [0.29, 0.717) is 11.1 Å². The molecule has 0 saturated carbocycles. The Hall–Kier alpha value is -3.89. The first-order chi connectivity index (χ1) is 16.8. The van der Waals surface area contributed by atoms with Gasteiger partial charge in [0, 0.05) is 13.0 Å². The third-order valence-corrected chi connectivity index (χ3v) is 4.95. The standard InChI is InChI=1S/C25H36N4O7/c1-7-16-10-9-11-17(14-16)21(22(32)27-15-20(31)35-6)29(8-2)23(33)18(12-13-19(26)30)28-24(34)36-25(3,4)5/h7,9-11,14,18,21H,1,8,12-13,15H2,2-6H3,(H2,26,30)(H,27,32)(H,28,34). The van der Waals surface area contributed by atoms with E-state index in [1.807, 2.05) is 0 Å². The van der Waals surface area contributed by atoms with Gasteiger partial charge in [-0.1, -0.05) is 30.9 Å². The molecule has 2 atom stereocenters. The molecule has 0 aliphatic carbocycles. The molecule has 0 radical (unpaired) electrons. The molecule has 0 aliphatic heterocycles. The highest BCUT2D eigenvalue weighted by molar-refractivity contribution is 5.93. The van der Waals surface area contributed by atoms with Crippen molar-refractivity contribution in [3.8, 4) is 0 Å². The number of methoxy groups -OCH3 is 1. The van der Waals surface area contributed by atoms with Crippen LogP contribution in [-0.2, 0) is 28.7 Å². The van der Waals surface area contributed by atoms with Gasteiger partial charge >= 0.3 is 12.1 Å². The van der Waals surface area contributed by atoms with E-state index in [2.05, 4.69) is 21.9 Å². The van der Waals surface area contributed by atoms with Crippen LogP contribution in [0.5, 0.6) is 0 Å². The van der Waals surface area contributed by atoms with Gasteiger partial charge in [-0.25, -0.2) is 4.79 Å². The fraction of sp³-hybridized carbons (Fsp3) is 0.480. The van der Waals surface area contributed by atoms with E-state index in [0.717, 1.165) is 0 Å². The Kier molecular flexibility index (Phi) is 11.6. The maximum atomic E-state index is 13.7. The number of carbonyl (C=O) groups excluding carboxylic acids is 5. The van der Waals surface area contributed by atoms with Gasteiger partial charge in [-0.3, -0.25) is 19.2 Å². The van der Waals surface area contributed by atoms with E-state index in [1.165, 1.54) is 12.0 Å². The Morgan fingerprint density at radius 2 is 1.86 bits per heavy atom. The van der Waals surface area contributed by atoms with Crippen LogP contribution in [0.4, 0.5) is 4.79 Å². The number of hydrogen-bond acceptors (Lipinski definition) is 7. The molecule has 11 heteroatoms. The van der Waals surface area contributed by atoms with Gasteiger partial charge < -0.3 is 30.7 Å². The zero-order valence-corrected chi connectivity index (χ0v) is 21.5. The number of carbonyl (C=O) groups is 5. The average molecular weight is 505 g/mol. The third-order valence-electron chi connectivity index (χ3n) is 4.95. The quantitative estimate of drug-likeness (QED) is 0.365. The molecule has 1 rings (SSSR count). The molecule has 0 aromatic heterocycles. The summed E-state index contributed by atoms with van der Waals surface area (Å²) in [5.41, 5.74) is 5.60. The van der Waals surface area contributed by atoms with E-state index < -0.39 is 54.0 Å². The summed E-state index contributed by atoms with van der Waals surface area (Å²) in [4.78, 5) is 63.6. The van der Waals surface area contributed by atoms with Crippen molar-refractivity contribution in [2.45, 2.75) is 58.2 Å². The number of esters is 1. The zero-order chi connectivity index (χ0) is 27.5. The summed E-state index contributed by atoms with van der Waals surface area (Å²) in [6, 6.07) is 4.46. The first-order valence-corrected chi connectivity index (χ1v) is 11.5. The highest BCUT2D eigenvalue weighted by Gasteiger charge is 2.35. The summed E-state index contributed by atoms with van der Waals surface area (Å²) >= 11 is 0. The number of alkyl carbamates (subject to hydrolysis) is 1. The van der Waals surface area contributed by atoms with Gasteiger partial charge in [0.05, 0.1) is 7.11 Å². The molecule has 198 valence electrons. The Morgan fingerprint density at radius 1 is 1.19 bits per heavy atom. The first kappa shape index (κ1) is 30.1. The number of nitrogens with zero attached hydrogens (tertiary/aromatic N) is 1. The molecular formula is C25H36N4O7. The number of ether oxygens (including phenoxy) is 2. The fourth-order valence-electron chi connectivity index (χ4n) is 3.32. The normalized spacial score (nSPS) is 12.5. The van der Waals surface area contributed by atoms with E-state index in [-0.39, 0.29) is 19.4 Å². The largest absolute Gasteiger partial charge is 0.468 e. The number of hydrogen-bond donors (Lipinski definition) is 3. The SMILES string of the molecule is C=Cc1cccc(C(C(=O)NCC(=O)OC)N(CC)C(=O)C(CCC(N)=O)NC(=O)OC(C)(C)C)c1. The van der Waals surface area contributed by atoms with Gasteiger partial charge in [0.2, 0.25) is 17.7 Å². The Morgan fingerprint density at radius 3 is 2.39 bits per heavy atom. The summed E-state index contributed by atoms with van der Waals surface area (Å²) in [5, 5.41) is 4.97. The van der Waals surface area contributed by atoms with E-state index in [1.54, 1.807) is 58.0 Å². The van der Waals surface area contributed by atoms with E-state index in [4.69, 9.17) is 10.5 Å². The molecule has 0 spiro atoms. The zero-order valence-electron chi connectivity index (χ0n) is 21.5. The lowest BCUT2D eigenvalue weighted by molar-refractivity contribution is -0.144. The van der Waals surface area contributed by atoms with Gasteiger partial charge in [0.15, 0.2) is 0 Å². The van der Waals surface area contributed by atoms with Crippen molar-refractivity contribution < 1.29 is 33.4 Å². The Balaban J connectivity index is 3.40. The van der Waals surface area contributed by atoms with Gasteiger partial charge in [-0.15, -0.1) is 0 Å². The monoisotopic (exact) mass is 504 g/mol. The van der Waals surface area contributed by atoms with Crippen LogP contribution in [0.25, 0.3) is 6.08 Å². The van der Waals surface area contributed by atoms with Crippen molar-refractivity contribution >= 4 is 35.9 Å². The summed E-state index contributed by atoms with van der Waals surface area (Å²) in [6.45, 7) is 10.1. The van der Waals surface area contributed by atoms with Crippen LogP contribution >= 0.6 is 0 Å². The lowest BCUT2D eigenvalue weighted by Crippen LogP contribution is -2.53. The second kappa shape index (κ2) is 13.9. The number of nitrogens with one attached hydrogen (secondary N) is 2. The highest BCUT2D eigenvalue weighted by Crippen LogP contribution is 2.24. The maximum absolute atomic E-state index is 13.7. The van der Waals surface area contributed by atoms with Crippen molar-refractivity contribution in [1.82, 2.24) is 15.5 Å². The van der Waals surface area contributed by atoms with Gasteiger partial charge in [-0.2, -0.15) is 0 Å². The predicted molar refractivity (Wildman–Crippen MR) is 133 cm³/mol. The number of primary amides is 1. The number of rotatable bonds is 12. The topological polar surface area (TPSA) is 157 Å². The van der Waals surface area contributed by atoms with Crippen molar-refractivity contribution in [1.29, 1.82) is 0 Å². The van der Waals surface area contributed by atoms with Crippen LogP contribution in [0.2, 0.25) is 0 Å². The minimum atomic E-state index is -1.20. The second-order valence-electron chi connectivity index (χ2n) is 8.90. The van der Waals surface area contributed by atoms with Crippen LogP contribution in [0.3, 0.4) is 0 Å². The van der Waals surface area contributed by atoms with Crippen molar-refractivity contribution in [3.63, 3.8) is 0 Å². The second-order valence-corrected chi connectivity index (χ2v) is 8.90. The summed E-state index contributed by atoms with van der Waals surface area (Å²) < 4.78 is 9.84. The molecule has 1 aromatic rings. The predicted octanol–water partition coefficient (Wildman–Crippen LogP) is 1.67. The molecule has 4 N–H and O–H groups in total. The molecule has 0 heterocycles. The number of nitrogens with two attached hydrogens (primary N) is 1. The van der Waals surface area contributed by atoms with Gasteiger partial charge in [0.1, 0.15) is 24.2 Å². The number of likely N-dealkylation sites (N-methyl/N-ethyl adjacent to an activating group) is 1. The molecule has 0 saturated heterocycles. The van der Waals surface area contributed by atoms with Crippen LogP contribution in [0, 0.1) is 0 Å². The molecule has 11 nitrogen and oxygen atoms in total. The van der Waals surface area contributed by atoms with Crippen LogP contribution in [0.15, 0.2) is 30.8 Å². The van der Waals surface area contributed by atoms with Crippen LogP contribution in [-0.4, -0.2) is 66.5 Å². The Bertz CT molecular complexity index is 971. The minimum absolute atomic E-state index is 0.0660. The number of benzene rings is 1. The Labute approximate surface area is 211 Å². The minimum Gasteiger partial charge on any atom is -0.468 e. The molecule has 4 amide bonds. The van der Waals surface area contributed by atoms with Crippen molar-refractivity contribution in [2.75, 3.05) is 20.2 Å². The van der Waals surface area contributed by atoms with Gasteiger partial charge in [0.25, 0.3) is 0 Å². The van der Waals surface area contributed by atoms with Crippen LogP contribution in [0.1, 0.15) is 57.7 Å². The average Bonchev–Trinajstić information content (AvgIpc) is 2.81. The molecule has 2 unspecified atom stereocenters. The summed E-state index contributed by atoms with van der Waals surface area (Å²) in [7, 11) is 1.19. The van der Waals surface area contributed by atoms with Crippen LogP contribution < -0.4 is 16.4 Å². The fourth-order valence-corrected chi connectivity index (χ4v) is 3.32. The molecule has 36 heavy (non-hydrogen) atoms.